The van der Waals surface area contributed by atoms with Gasteiger partial charge in [0, 0.05) is 11.1 Å². The lowest BCUT2D eigenvalue weighted by molar-refractivity contribution is 0.477. The highest BCUT2D eigenvalue weighted by atomic mass is 35.5. The molecule has 1 aromatic carbocycles. The lowest BCUT2D eigenvalue weighted by atomic mass is 10.3. The SMILES string of the molecule is O=S(=O)(Nc1cc(Cl)ccc1O)NC1CC1. The Kier molecular flexibility index (Phi) is 2.96. The molecule has 0 radical (unpaired) electrons. The van der Waals surface area contributed by atoms with Gasteiger partial charge in [-0.25, -0.2) is 0 Å². The summed E-state index contributed by atoms with van der Waals surface area (Å²) in [5.74, 6) is -0.162. The van der Waals surface area contributed by atoms with Crippen LogP contribution in [-0.2, 0) is 10.2 Å². The average molecular weight is 263 g/mol. The van der Waals surface area contributed by atoms with Crippen molar-refractivity contribution in [1.82, 2.24) is 4.72 Å². The molecule has 1 aliphatic rings. The van der Waals surface area contributed by atoms with Crippen LogP contribution in [0.5, 0.6) is 5.75 Å². The standard InChI is InChI=1S/C9H11ClN2O3S/c10-6-1-4-9(13)8(5-6)12-16(14,15)11-7-2-3-7/h1,4-5,7,11-13H,2-3H2. The van der Waals surface area contributed by atoms with Crippen LogP contribution in [0.25, 0.3) is 0 Å². The second-order valence-electron chi connectivity index (χ2n) is 3.66. The summed E-state index contributed by atoms with van der Waals surface area (Å²) in [7, 11) is -3.63. The van der Waals surface area contributed by atoms with Crippen LogP contribution in [-0.4, -0.2) is 19.6 Å². The van der Waals surface area contributed by atoms with Gasteiger partial charge in [0.2, 0.25) is 0 Å². The van der Waals surface area contributed by atoms with Crippen molar-refractivity contribution in [3.05, 3.63) is 23.2 Å². The van der Waals surface area contributed by atoms with Gasteiger partial charge in [-0.1, -0.05) is 11.6 Å². The molecule has 16 heavy (non-hydrogen) atoms. The Morgan fingerprint density at radius 2 is 2.06 bits per heavy atom. The van der Waals surface area contributed by atoms with E-state index in [9.17, 15) is 13.5 Å². The maximum absolute atomic E-state index is 11.5. The first-order chi connectivity index (χ1) is 7.46. The van der Waals surface area contributed by atoms with Crippen LogP contribution < -0.4 is 9.44 Å². The number of hydrogen-bond donors (Lipinski definition) is 3. The van der Waals surface area contributed by atoms with Crippen LogP contribution in [0.1, 0.15) is 12.8 Å². The summed E-state index contributed by atoms with van der Waals surface area (Å²) in [6.45, 7) is 0. The zero-order chi connectivity index (χ0) is 11.8. The van der Waals surface area contributed by atoms with Crippen molar-refractivity contribution in [1.29, 1.82) is 0 Å². The molecular weight excluding hydrogens is 252 g/mol. The molecule has 2 rings (SSSR count). The smallest absolute Gasteiger partial charge is 0.299 e. The van der Waals surface area contributed by atoms with E-state index in [2.05, 4.69) is 9.44 Å². The molecule has 1 aromatic rings. The van der Waals surface area contributed by atoms with Gasteiger partial charge in [-0.3, -0.25) is 4.72 Å². The molecule has 0 spiro atoms. The highest BCUT2D eigenvalue weighted by Gasteiger charge is 2.27. The van der Waals surface area contributed by atoms with E-state index in [0.717, 1.165) is 12.8 Å². The quantitative estimate of drug-likeness (QED) is 0.719. The minimum absolute atomic E-state index is 0.0128. The molecule has 0 heterocycles. The lowest BCUT2D eigenvalue weighted by Crippen LogP contribution is -2.31. The third-order valence-electron chi connectivity index (χ3n) is 2.10. The Morgan fingerprint density at radius 1 is 1.38 bits per heavy atom. The molecule has 1 saturated carbocycles. The highest BCUT2D eigenvalue weighted by Crippen LogP contribution is 2.28. The summed E-state index contributed by atoms with van der Waals surface area (Å²) in [5.41, 5.74) is 0.0700. The molecule has 3 N–H and O–H groups in total. The molecule has 0 atom stereocenters. The summed E-state index contributed by atoms with van der Waals surface area (Å²) < 4.78 is 27.7. The van der Waals surface area contributed by atoms with Gasteiger partial charge in [0.25, 0.3) is 10.2 Å². The predicted octanol–water partition coefficient (Wildman–Crippen LogP) is 1.45. The van der Waals surface area contributed by atoms with E-state index >= 15 is 0 Å². The molecule has 88 valence electrons. The van der Waals surface area contributed by atoms with E-state index in [-0.39, 0.29) is 17.5 Å². The Hall–Kier alpha value is -0.980. The molecule has 1 fully saturated rings. The number of aromatic hydroxyl groups is 1. The van der Waals surface area contributed by atoms with Gasteiger partial charge >= 0.3 is 0 Å². The van der Waals surface area contributed by atoms with E-state index in [0.29, 0.717) is 5.02 Å². The highest BCUT2D eigenvalue weighted by molar-refractivity contribution is 7.90. The van der Waals surface area contributed by atoms with Crippen LogP contribution in [0.15, 0.2) is 18.2 Å². The van der Waals surface area contributed by atoms with Crippen LogP contribution in [0.2, 0.25) is 5.02 Å². The van der Waals surface area contributed by atoms with E-state index in [4.69, 9.17) is 11.6 Å². The second-order valence-corrected chi connectivity index (χ2v) is 5.54. The minimum atomic E-state index is -3.63. The van der Waals surface area contributed by atoms with E-state index in [1.807, 2.05) is 0 Å². The molecule has 7 heteroatoms. The van der Waals surface area contributed by atoms with Crippen molar-refractivity contribution < 1.29 is 13.5 Å². The number of phenolic OH excluding ortho intramolecular Hbond substituents is 1. The molecule has 1 aliphatic carbocycles. The molecular formula is C9H11ClN2O3S. The molecule has 0 bridgehead atoms. The van der Waals surface area contributed by atoms with Crippen LogP contribution in [0.4, 0.5) is 5.69 Å². The fraction of sp³-hybridized carbons (Fsp3) is 0.333. The van der Waals surface area contributed by atoms with Crippen LogP contribution in [0, 0.1) is 0 Å². The number of phenols is 1. The number of nitrogens with one attached hydrogen (secondary N) is 2. The van der Waals surface area contributed by atoms with Gasteiger partial charge in [-0.05, 0) is 31.0 Å². The zero-order valence-electron chi connectivity index (χ0n) is 8.27. The van der Waals surface area contributed by atoms with Gasteiger partial charge in [0.1, 0.15) is 5.75 Å². The van der Waals surface area contributed by atoms with E-state index in [1.165, 1.54) is 18.2 Å². The van der Waals surface area contributed by atoms with Gasteiger partial charge in [-0.2, -0.15) is 13.1 Å². The molecule has 0 aromatic heterocycles. The topological polar surface area (TPSA) is 78.4 Å². The van der Waals surface area contributed by atoms with Crippen LogP contribution in [0.3, 0.4) is 0 Å². The van der Waals surface area contributed by atoms with Gasteiger partial charge in [0.15, 0.2) is 0 Å². The lowest BCUT2D eigenvalue weighted by Gasteiger charge is -2.10. The zero-order valence-corrected chi connectivity index (χ0v) is 9.85. The maximum atomic E-state index is 11.5. The summed E-state index contributed by atoms with van der Waals surface area (Å²) in [6.07, 6.45) is 1.70. The Balaban J connectivity index is 2.15. The van der Waals surface area contributed by atoms with Gasteiger partial charge in [0.05, 0.1) is 5.69 Å². The fourth-order valence-corrected chi connectivity index (χ4v) is 2.54. The fourth-order valence-electron chi connectivity index (χ4n) is 1.18. The predicted molar refractivity (Wildman–Crippen MR) is 61.8 cm³/mol. The summed E-state index contributed by atoms with van der Waals surface area (Å²) in [5, 5.41) is 9.78. The van der Waals surface area contributed by atoms with Crippen molar-refractivity contribution in [3.8, 4) is 5.75 Å². The van der Waals surface area contributed by atoms with E-state index in [1.54, 1.807) is 0 Å². The third-order valence-corrected chi connectivity index (χ3v) is 3.47. The normalized spacial score (nSPS) is 16.1. The summed E-state index contributed by atoms with van der Waals surface area (Å²) in [4.78, 5) is 0. The van der Waals surface area contributed by atoms with Crippen molar-refractivity contribution in [2.45, 2.75) is 18.9 Å². The first kappa shape index (κ1) is 11.5. The van der Waals surface area contributed by atoms with Crippen molar-refractivity contribution in [2.24, 2.45) is 0 Å². The number of hydrogen-bond acceptors (Lipinski definition) is 3. The minimum Gasteiger partial charge on any atom is -0.506 e. The average Bonchev–Trinajstić information content (AvgIpc) is 2.94. The Labute approximate surface area is 98.6 Å². The van der Waals surface area contributed by atoms with Crippen molar-refractivity contribution >= 4 is 27.5 Å². The van der Waals surface area contributed by atoms with Gasteiger partial charge < -0.3 is 5.11 Å². The molecule has 0 unspecified atom stereocenters. The largest absolute Gasteiger partial charge is 0.506 e. The number of benzene rings is 1. The third kappa shape index (κ3) is 3.01. The number of halogens is 1. The first-order valence-corrected chi connectivity index (χ1v) is 6.61. The monoisotopic (exact) mass is 262 g/mol. The molecule has 5 nitrogen and oxygen atoms in total. The second kappa shape index (κ2) is 4.12. The molecule has 0 saturated heterocycles. The van der Waals surface area contributed by atoms with E-state index < -0.39 is 10.2 Å². The summed E-state index contributed by atoms with van der Waals surface area (Å²) >= 11 is 5.70. The number of rotatable bonds is 4. The Bertz CT molecular complexity index is 499. The van der Waals surface area contributed by atoms with Gasteiger partial charge in [-0.15, -0.1) is 0 Å². The number of anilines is 1. The maximum Gasteiger partial charge on any atom is 0.299 e. The van der Waals surface area contributed by atoms with Crippen LogP contribution >= 0.6 is 11.6 Å². The molecule has 0 amide bonds. The Morgan fingerprint density at radius 3 is 2.69 bits per heavy atom. The van der Waals surface area contributed by atoms with Crippen molar-refractivity contribution in [3.63, 3.8) is 0 Å². The summed E-state index contributed by atoms with van der Waals surface area (Å²) in [6, 6.07) is 4.17. The first-order valence-electron chi connectivity index (χ1n) is 4.75. The van der Waals surface area contributed by atoms with Crippen molar-refractivity contribution in [2.75, 3.05) is 4.72 Å². The molecule has 0 aliphatic heterocycles.